The van der Waals surface area contributed by atoms with Crippen LogP contribution < -0.4 is 5.32 Å². The number of halogens is 1. The van der Waals surface area contributed by atoms with E-state index in [4.69, 9.17) is 26.5 Å². The molecule has 8 heteroatoms. The molecule has 1 aliphatic carbocycles. The smallest absolute Gasteiger partial charge is 0.357 e. The molecule has 2 N–H and O–H groups in total. The number of hydrogen-bond acceptors (Lipinski definition) is 7. The van der Waals surface area contributed by atoms with E-state index in [0.29, 0.717) is 49.9 Å². The van der Waals surface area contributed by atoms with E-state index in [2.05, 4.69) is 15.3 Å². The van der Waals surface area contributed by atoms with E-state index in [1.807, 2.05) is 0 Å². The Morgan fingerprint density at radius 2 is 2.10 bits per heavy atom. The first-order valence-corrected chi connectivity index (χ1v) is 9.37. The van der Waals surface area contributed by atoms with E-state index >= 15 is 0 Å². The first-order valence-electron chi connectivity index (χ1n) is 8.99. The number of benzene rings is 1. The predicted molar refractivity (Wildman–Crippen MR) is 113 cm³/mol. The normalized spacial score (nSPS) is 15.6. The Bertz CT molecular complexity index is 1100. The van der Waals surface area contributed by atoms with Crippen LogP contribution in [-0.2, 0) is 9.47 Å². The molecule has 0 amide bonds. The molecule has 7 nitrogen and oxygen atoms in total. The molecule has 1 aliphatic rings. The third-order valence-electron chi connectivity index (χ3n) is 4.42. The number of fused-ring (bicyclic) bond motifs is 1. The van der Waals surface area contributed by atoms with Crippen LogP contribution in [-0.4, -0.2) is 42.4 Å². The summed E-state index contributed by atoms with van der Waals surface area (Å²) in [5, 5.41) is 12.3. The number of ether oxygens (including phenoxy) is 2. The van der Waals surface area contributed by atoms with E-state index in [-0.39, 0.29) is 12.3 Å². The summed E-state index contributed by atoms with van der Waals surface area (Å²) in [4.78, 5) is 21.7. The molecule has 2 aromatic rings. The van der Waals surface area contributed by atoms with Crippen LogP contribution in [0.25, 0.3) is 16.5 Å². The molecular formula is C21H21ClN4O3. The van der Waals surface area contributed by atoms with Crippen molar-refractivity contribution in [2.75, 3.05) is 20.8 Å². The molecule has 0 unspecified atom stereocenters. The number of nitrogens with zero attached hydrogens (tertiary/aromatic N) is 2. The number of nitrogens with one attached hydrogen (secondary N) is 2. The summed E-state index contributed by atoms with van der Waals surface area (Å²) in [7, 11) is 3.29. The molecule has 0 saturated carbocycles. The summed E-state index contributed by atoms with van der Waals surface area (Å²) in [6.07, 6.45) is 3.47. The molecule has 29 heavy (non-hydrogen) atoms. The first-order chi connectivity index (χ1) is 13.9. The van der Waals surface area contributed by atoms with Crippen molar-refractivity contribution in [1.82, 2.24) is 15.3 Å². The Morgan fingerprint density at radius 1 is 1.34 bits per heavy atom. The number of rotatable bonds is 5. The van der Waals surface area contributed by atoms with Crippen LogP contribution >= 0.6 is 11.6 Å². The molecule has 1 aromatic heterocycles. The molecule has 1 heterocycles. The Morgan fingerprint density at radius 3 is 2.76 bits per heavy atom. The fourth-order valence-electron chi connectivity index (χ4n) is 3.10. The van der Waals surface area contributed by atoms with Crippen LogP contribution in [0, 0.1) is 5.41 Å². The van der Waals surface area contributed by atoms with Crippen LogP contribution in [0.1, 0.15) is 30.2 Å². The van der Waals surface area contributed by atoms with Gasteiger partial charge in [-0.05, 0) is 38.1 Å². The Labute approximate surface area is 173 Å². The summed E-state index contributed by atoms with van der Waals surface area (Å²) in [5.74, 6) is 0.221. The highest BCUT2D eigenvalue weighted by Crippen LogP contribution is 2.33. The monoisotopic (exact) mass is 412 g/mol. The van der Waals surface area contributed by atoms with Crippen LogP contribution in [0.2, 0.25) is 5.02 Å². The number of allylic oxidation sites excluding steroid dienone is 4. The van der Waals surface area contributed by atoms with Crippen LogP contribution in [0.5, 0.6) is 0 Å². The highest BCUT2D eigenvalue weighted by Gasteiger charge is 2.26. The second-order valence-corrected chi connectivity index (χ2v) is 6.69. The van der Waals surface area contributed by atoms with Crippen molar-refractivity contribution >= 4 is 39.8 Å². The fourth-order valence-corrected chi connectivity index (χ4v) is 3.27. The number of methoxy groups -OCH3 is 1. The maximum Gasteiger partial charge on any atom is 0.357 e. The van der Waals surface area contributed by atoms with Gasteiger partial charge in [-0.3, -0.25) is 5.41 Å². The van der Waals surface area contributed by atoms with Gasteiger partial charge in [0.2, 0.25) is 0 Å². The fraction of sp³-hybridized carbons (Fsp3) is 0.238. The van der Waals surface area contributed by atoms with Crippen molar-refractivity contribution in [3.05, 3.63) is 63.9 Å². The van der Waals surface area contributed by atoms with Crippen LogP contribution in [0.4, 0.5) is 0 Å². The standard InChI is InChI=1S/C21H21ClN4O3/c1-5-29-21(27)18-14-9-13(22)6-7-16(14)25-20(26-18)15-8-12(10-24-3)17(23)11(2)19(15)28-4/h6-10,23-24H,5H2,1-4H3/b12-10-,23-17?. The van der Waals surface area contributed by atoms with Gasteiger partial charge in [0.15, 0.2) is 11.5 Å². The maximum absolute atomic E-state index is 12.6. The quantitative estimate of drug-likeness (QED) is 0.723. The number of aromatic nitrogens is 2. The van der Waals surface area contributed by atoms with E-state index in [9.17, 15) is 4.79 Å². The minimum Gasteiger partial charge on any atom is -0.496 e. The van der Waals surface area contributed by atoms with Crippen molar-refractivity contribution in [2.24, 2.45) is 0 Å². The van der Waals surface area contributed by atoms with Gasteiger partial charge in [-0.1, -0.05) is 11.6 Å². The second-order valence-electron chi connectivity index (χ2n) is 6.26. The zero-order chi connectivity index (χ0) is 21.1. The van der Waals surface area contributed by atoms with Crippen molar-refractivity contribution in [3.8, 4) is 0 Å². The van der Waals surface area contributed by atoms with Gasteiger partial charge in [0.25, 0.3) is 0 Å². The largest absolute Gasteiger partial charge is 0.496 e. The lowest BCUT2D eigenvalue weighted by Crippen LogP contribution is -2.17. The summed E-state index contributed by atoms with van der Waals surface area (Å²) in [6, 6.07) is 5.07. The lowest BCUT2D eigenvalue weighted by molar-refractivity contribution is 0.0521. The van der Waals surface area contributed by atoms with E-state index < -0.39 is 5.97 Å². The van der Waals surface area contributed by atoms with Gasteiger partial charge in [-0.15, -0.1) is 0 Å². The molecule has 0 fully saturated rings. The molecule has 3 rings (SSSR count). The molecular weight excluding hydrogens is 392 g/mol. The van der Waals surface area contributed by atoms with E-state index in [1.165, 1.54) is 7.11 Å². The Balaban J connectivity index is 2.29. The van der Waals surface area contributed by atoms with E-state index in [1.54, 1.807) is 51.4 Å². The van der Waals surface area contributed by atoms with Gasteiger partial charge >= 0.3 is 5.97 Å². The summed E-state index contributed by atoms with van der Waals surface area (Å²) >= 11 is 6.11. The lowest BCUT2D eigenvalue weighted by atomic mass is 9.92. The second kappa shape index (κ2) is 8.45. The average Bonchev–Trinajstić information content (AvgIpc) is 2.70. The number of esters is 1. The third kappa shape index (κ3) is 3.86. The van der Waals surface area contributed by atoms with Crippen molar-refractivity contribution in [1.29, 1.82) is 5.41 Å². The molecule has 0 spiro atoms. The van der Waals surface area contributed by atoms with Crippen LogP contribution in [0.15, 0.2) is 47.4 Å². The summed E-state index contributed by atoms with van der Waals surface area (Å²) in [5.41, 5.74) is 2.88. The van der Waals surface area contributed by atoms with Gasteiger partial charge in [-0.25, -0.2) is 14.8 Å². The highest BCUT2D eigenvalue weighted by molar-refractivity contribution is 6.31. The van der Waals surface area contributed by atoms with E-state index in [0.717, 1.165) is 0 Å². The first kappa shape index (κ1) is 20.5. The molecule has 0 aliphatic heterocycles. The molecule has 0 atom stereocenters. The SMILES string of the molecule is CCOC(=O)c1nc(C2=C/C(=C/NC)C(=N)C(C)=C2OC)nc2ccc(Cl)cc12. The number of hydrogen-bond donors (Lipinski definition) is 2. The number of carbonyl (C=O) groups excluding carboxylic acids is 1. The Hall–Kier alpha value is -3.19. The van der Waals surface area contributed by atoms with Crippen molar-refractivity contribution < 1.29 is 14.3 Å². The maximum atomic E-state index is 12.6. The summed E-state index contributed by atoms with van der Waals surface area (Å²) in [6.45, 7) is 3.75. The van der Waals surface area contributed by atoms with Gasteiger partial charge < -0.3 is 14.8 Å². The minimum absolute atomic E-state index is 0.128. The minimum atomic E-state index is -0.557. The zero-order valence-corrected chi connectivity index (χ0v) is 17.3. The lowest BCUT2D eigenvalue weighted by Gasteiger charge is -2.21. The molecule has 0 radical (unpaired) electrons. The molecule has 0 saturated heterocycles. The Kier molecular flexibility index (Phi) is 5.98. The highest BCUT2D eigenvalue weighted by atomic mass is 35.5. The average molecular weight is 413 g/mol. The third-order valence-corrected chi connectivity index (χ3v) is 4.66. The molecule has 150 valence electrons. The van der Waals surface area contributed by atoms with Crippen molar-refractivity contribution in [2.45, 2.75) is 13.8 Å². The molecule has 0 bridgehead atoms. The zero-order valence-electron chi connectivity index (χ0n) is 16.6. The topological polar surface area (TPSA) is 97.2 Å². The number of carbonyl (C=O) groups is 1. The van der Waals surface area contributed by atoms with Gasteiger partial charge in [0, 0.05) is 34.8 Å². The molecule has 1 aromatic carbocycles. The van der Waals surface area contributed by atoms with Gasteiger partial charge in [0.1, 0.15) is 5.76 Å². The van der Waals surface area contributed by atoms with Crippen molar-refractivity contribution in [3.63, 3.8) is 0 Å². The van der Waals surface area contributed by atoms with Crippen LogP contribution in [0.3, 0.4) is 0 Å². The van der Waals surface area contributed by atoms with Gasteiger partial charge in [-0.2, -0.15) is 0 Å². The summed E-state index contributed by atoms with van der Waals surface area (Å²) < 4.78 is 10.7. The van der Waals surface area contributed by atoms with Gasteiger partial charge in [0.05, 0.1) is 30.5 Å². The predicted octanol–water partition coefficient (Wildman–Crippen LogP) is 3.90.